The van der Waals surface area contributed by atoms with Gasteiger partial charge in [-0.15, -0.1) is 0 Å². The average molecular weight is 261 g/mol. The first kappa shape index (κ1) is 11.9. The molecule has 1 unspecified atom stereocenters. The SMILES string of the molecule is CCOC(=O)C1Cc2c(F)ccc3ccc(=O)n1c23. The van der Waals surface area contributed by atoms with E-state index in [9.17, 15) is 14.0 Å². The molecular formula is C14H12FNO3. The second-order valence-corrected chi connectivity index (χ2v) is 4.48. The first-order valence-electron chi connectivity index (χ1n) is 6.12. The molecule has 0 fully saturated rings. The number of rotatable bonds is 2. The summed E-state index contributed by atoms with van der Waals surface area (Å²) in [5.41, 5.74) is 0.605. The van der Waals surface area contributed by atoms with E-state index in [0.717, 1.165) is 5.39 Å². The molecule has 0 spiro atoms. The van der Waals surface area contributed by atoms with Crippen molar-refractivity contribution in [2.75, 3.05) is 6.61 Å². The lowest BCUT2D eigenvalue weighted by Gasteiger charge is -2.12. The zero-order chi connectivity index (χ0) is 13.6. The number of pyridine rings is 1. The smallest absolute Gasteiger partial charge is 0.329 e. The summed E-state index contributed by atoms with van der Waals surface area (Å²) in [5.74, 6) is -0.883. The van der Waals surface area contributed by atoms with Crippen molar-refractivity contribution in [3.8, 4) is 0 Å². The van der Waals surface area contributed by atoms with Gasteiger partial charge in [0.1, 0.15) is 11.9 Å². The molecule has 1 aromatic heterocycles. The Morgan fingerprint density at radius 2 is 2.16 bits per heavy atom. The summed E-state index contributed by atoms with van der Waals surface area (Å²) in [5, 5.41) is 0.753. The Bertz CT molecular complexity index is 735. The molecule has 3 rings (SSSR count). The van der Waals surface area contributed by atoms with Crippen LogP contribution >= 0.6 is 0 Å². The third-order valence-electron chi connectivity index (χ3n) is 3.41. The molecule has 2 heterocycles. The second-order valence-electron chi connectivity index (χ2n) is 4.48. The summed E-state index contributed by atoms with van der Waals surface area (Å²) in [6.45, 7) is 1.93. The largest absolute Gasteiger partial charge is 0.464 e. The van der Waals surface area contributed by atoms with Crippen molar-refractivity contribution in [1.29, 1.82) is 0 Å². The van der Waals surface area contributed by atoms with Gasteiger partial charge >= 0.3 is 5.97 Å². The minimum Gasteiger partial charge on any atom is -0.464 e. The Hall–Kier alpha value is -2.17. The summed E-state index contributed by atoms with van der Waals surface area (Å²) in [6, 6.07) is 5.24. The molecule has 98 valence electrons. The molecule has 0 bridgehead atoms. The van der Waals surface area contributed by atoms with E-state index in [4.69, 9.17) is 4.74 Å². The van der Waals surface area contributed by atoms with Crippen molar-refractivity contribution < 1.29 is 13.9 Å². The number of carbonyl (C=O) groups excluding carboxylic acids is 1. The molecule has 4 nitrogen and oxygen atoms in total. The van der Waals surface area contributed by atoms with Gasteiger partial charge in [0.05, 0.1) is 12.1 Å². The Balaban J connectivity index is 2.27. The molecule has 0 N–H and O–H groups in total. The van der Waals surface area contributed by atoms with Crippen LogP contribution in [0, 0.1) is 5.82 Å². The maximum atomic E-state index is 13.8. The lowest BCUT2D eigenvalue weighted by atomic mass is 10.1. The van der Waals surface area contributed by atoms with E-state index in [0.29, 0.717) is 11.1 Å². The van der Waals surface area contributed by atoms with Crippen LogP contribution in [0.4, 0.5) is 4.39 Å². The number of halogens is 1. The van der Waals surface area contributed by atoms with Gasteiger partial charge in [-0.05, 0) is 30.5 Å². The average Bonchev–Trinajstić information content (AvgIpc) is 2.80. The molecular weight excluding hydrogens is 249 g/mol. The van der Waals surface area contributed by atoms with Crippen LogP contribution < -0.4 is 5.56 Å². The van der Waals surface area contributed by atoms with E-state index < -0.39 is 17.8 Å². The van der Waals surface area contributed by atoms with Crippen LogP contribution in [0.2, 0.25) is 0 Å². The van der Waals surface area contributed by atoms with E-state index in [-0.39, 0.29) is 18.6 Å². The highest BCUT2D eigenvalue weighted by Gasteiger charge is 2.33. The van der Waals surface area contributed by atoms with Crippen LogP contribution in [0.5, 0.6) is 0 Å². The number of nitrogens with zero attached hydrogens (tertiary/aromatic N) is 1. The first-order chi connectivity index (χ1) is 9.13. The second kappa shape index (κ2) is 4.19. The fraction of sp³-hybridized carbons (Fsp3) is 0.286. The molecule has 1 aromatic carbocycles. The standard InChI is InChI=1S/C14H12FNO3/c1-2-19-14(18)11-7-9-10(15)5-3-8-4-6-12(17)16(11)13(8)9/h3-6,11H,2,7H2,1H3. The molecule has 0 aliphatic carbocycles. The maximum Gasteiger partial charge on any atom is 0.329 e. The van der Waals surface area contributed by atoms with Crippen LogP contribution in [0.3, 0.4) is 0 Å². The Morgan fingerprint density at radius 1 is 1.42 bits per heavy atom. The fourth-order valence-corrected chi connectivity index (χ4v) is 2.62. The van der Waals surface area contributed by atoms with E-state index in [1.54, 1.807) is 19.1 Å². The van der Waals surface area contributed by atoms with E-state index in [1.807, 2.05) is 0 Å². The summed E-state index contributed by atoms with van der Waals surface area (Å²) in [4.78, 5) is 23.9. The zero-order valence-electron chi connectivity index (χ0n) is 10.4. The topological polar surface area (TPSA) is 48.3 Å². The lowest BCUT2D eigenvalue weighted by molar-refractivity contribution is -0.146. The van der Waals surface area contributed by atoms with E-state index >= 15 is 0 Å². The van der Waals surface area contributed by atoms with Gasteiger partial charge in [-0.3, -0.25) is 9.36 Å². The van der Waals surface area contributed by atoms with Crippen LogP contribution in [0.1, 0.15) is 18.5 Å². The minimum absolute atomic E-state index is 0.168. The van der Waals surface area contributed by atoms with E-state index in [2.05, 4.69) is 0 Å². The Labute approximate surface area is 108 Å². The lowest BCUT2D eigenvalue weighted by Crippen LogP contribution is -2.28. The van der Waals surface area contributed by atoms with Crippen LogP contribution in [-0.4, -0.2) is 17.1 Å². The Morgan fingerprint density at radius 3 is 2.89 bits per heavy atom. The summed E-state index contributed by atoms with van der Waals surface area (Å²) >= 11 is 0. The van der Waals surface area contributed by atoms with Crippen molar-refractivity contribution in [2.45, 2.75) is 19.4 Å². The molecule has 0 amide bonds. The first-order valence-corrected chi connectivity index (χ1v) is 6.12. The van der Waals surface area contributed by atoms with Crippen LogP contribution in [-0.2, 0) is 16.0 Å². The third-order valence-corrected chi connectivity index (χ3v) is 3.41. The molecule has 1 aliphatic rings. The number of ether oxygens (including phenoxy) is 1. The monoisotopic (exact) mass is 261 g/mol. The Kier molecular flexibility index (Phi) is 2.62. The van der Waals surface area contributed by atoms with Crippen molar-refractivity contribution >= 4 is 16.9 Å². The van der Waals surface area contributed by atoms with Crippen molar-refractivity contribution in [1.82, 2.24) is 4.57 Å². The molecule has 5 heteroatoms. The highest BCUT2D eigenvalue weighted by atomic mass is 19.1. The van der Waals surface area contributed by atoms with Crippen molar-refractivity contribution in [3.05, 3.63) is 46.0 Å². The van der Waals surface area contributed by atoms with Gasteiger partial charge in [0.25, 0.3) is 5.56 Å². The molecule has 1 aliphatic heterocycles. The molecule has 1 atom stereocenters. The summed E-state index contributed by atoms with van der Waals surface area (Å²) in [6.07, 6.45) is 0.168. The number of aromatic nitrogens is 1. The van der Waals surface area contributed by atoms with Gasteiger partial charge in [0.2, 0.25) is 0 Å². The van der Waals surface area contributed by atoms with Gasteiger partial charge in [-0.25, -0.2) is 9.18 Å². The predicted octanol–water partition coefficient (Wildman–Crippen LogP) is 1.80. The van der Waals surface area contributed by atoms with Crippen molar-refractivity contribution in [2.24, 2.45) is 0 Å². The number of hydrogen-bond acceptors (Lipinski definition) is 3. The molecule has 19 heavy (non-hydrogen) atoms. The molecule has 0 radical (unpaired) electrons. The highest BCUT2D eigenvalue weighted by Crippen LogP contribution is 2.32. The zero-order valence-corrected chi connectivity index (χ0v) is 10.4. The summed E-state index contributed by atoms with van der Waals surface area (Å²) in [7, 11) is 0. The quantitative estimate of drug-likeness (QED) is 0.774. The maximum absolute atomic E-state index is 13.8. The number of hydrogen-bond donors (Lipinski definition) is 0. The van der Waals surface area contributed by atoms with Crippen LogP contribution in [0.15, 0.2) is 29.1 Å². The van der Waals surface area contributed by atoms with Crippen LogP contribution in [0.25, 0.3) is 10.9 Å². The minimum atomic E-state index is -0.761. The molecule has 0 saturated heterocycles. The van der Waals surface area contributed by atoms with Crippen molar-refractivity contribution in [3.63, 3.8) is 0 Å². The predicted molar refractivity (Wildman–Crippen MR) is 67.5 cm³/mol. The third kappa shape index (κ3) is 1.65. The molecule has 2 aromatic rings. The normalized spacial score (nSPS) is 16.8. The highest BCUT2D eigenvalue weighted by molar-refractivity contribution is 5.88. The molecule has 0 saturated carbocycles. The number of esters is 1. The number of carbonyl (C=O) groups is 1. The van der Waals surface area contributed by atoms with E-state index in [1.165, 1.54) is 16.7 Å². The summed E-state index contributed by atoms with van der Waals surface area (Å²) < 4.78 is 20.1. The van der Waals surface area contributed by atoms with Gasteiger partial charge in [0, 0.05) is 18.1 Å². The van der Waals surface area contributed by atoms with Gasteiger partial charge in [-0.2, -0.15) is 0 Å². The van der Waals surface area contributed by atoms with Gasteiger partial charge < -0.3 is 4.74 Å². The number of benzene rings is 1. The van der Waals surface area contributed by atoms with Gasteiger partial charge in [-0.1, -0.05) is 0 Å². The fourth-order valence-electron chi connectivity index (χ4n) is 2.62. The van der Waals surface area contributed by atoms with Gasteiger partial charge in [0.15, 0.2) is 0 Å².